The summed E-state index contributed by atoms with van der Waals surface area (Å²) in [6, 6.07) is 10.2. The second-order valence-corrected chi connectivity index (χ2v) is 5.39. The Morgan fingerprint density at radius 2 is 2.14 bits per heavy atom. The zero-order chi connectivity index (χ0) is 14.7. The lowest BCUT2D eigenvalue weighted by molar-refractivity contribution is 0.0698. The van der Waals surface area contributed by atoms with Crippen molar-refractivity contribution in [3.63, 3.8) is 0 Å². The van der Waals surface area contributed by atoms with Gasteiger partial charge in [-0.15, -0.1) is 0 Å². The number of nitrogens with zero attached hydrogens (tertiary/aromatic N) is 3. The van der Waals surface area contributed by atoms with E-state index in [0.29, 0.717) is 11.6 Å². The van der Waals surface area contributed by atoms with Crippen LogP contribution in [-0.4, -0.2) is 46.8 Å². The highest BCUT2D eigenvalue weighted by atomic mass is 16.2. The maximum Gasteiger partial charge on any atom is 0.257 e. The molecule has 0 spiro atoms. The van der Waals surface area contributed by atoms with Crippen LogP contribution in [-0.2, 0) is 0 Å². The molecule has 5 heteroatoms. The topological polar surface area (TPSA) is 50.2 Å². The Kier molecular flexibility index (Phi) is 4.01. The third-order valence-electron chi connectivity index (χ3n) is 3.97. The van der Waals surface area contributed by atoms with E-state index in [2.05, 4.69) is 10.4 Å². The molecule has 1 aliphatic heterocycles. The number of hydrogen-bond donors (Lipinski definition) is 1. The number of likely N-dealkylation sites (tertiary alicyclic amines) is 1. The van der Waals surface area contributed by atoms with Crippen LogP contribution >= 0.6 is 0 Å². The van der Waals surface area contributed by atoms with Crippen LogP contribution in [0.4, 0.5) is 0 Å². The summed E-state index contributed by atoms with van der Waals surface area (Å²) < 4.78 is 1.74. The van der Waals surface area contributed by atoms with Crippen LogP contribution in [0.25, 0.3) is 5.69 Å². The van der Waals surface area contributed by atoms with Gasteiger partial charge in [0.05, 0.1) is 17.4 Å². The van der Waals surface area contributed by atoms with Crippen LogP contribution in [0, 0.1) is 0 Å². The van der Waals surface area contributed by atoms with Crippen molar-refractivity contribution in [2.45, 2.75) is 18.9 Å². The average molecular weight is 284 g/mol. The number of piperidine rings is 1. The Morgan fingerprint density at radius 3 is 2.90 bits per heavy atom. The van der Waals surface area contributed by atoms with Crippen molar-refractivity contribution < 1.29 is 4.79 Å². The van der Waals surface area contributed by atoms with Gasteiger partial charge in [0, 0.05) is 25.3 Å². The predicted molar refractivity (Wildman–Crippen MR) is 81.5 cm³/mol. The minimum atomic E-state index is 0.0668. The van der Waals surface area contributed by atoms with Crippen LogP contribution in [0.2, 0.25) is 0 Å². The number of amides is 1. The quantitative estimate of drug-likeness (QED) is 0.933. The van der Waals surface area contributed by atoms with Crippen molar-refractivity contribution in [2.75, 3.05) is 20.1 Å². The van der Waals surface area contributed by atoms with Crippen LogP contribution in [0.1, 0.15) is 23.2 Å². The number of benzene rings is 1. The first kappa shape index (κ1) is 13.8. The number of hydrogen-bond acceptors (Lipinski definition) is 3. The third-order valence-corrected chi connectivity index (χ3v) is 3.97. The average Bonchev–Trinajstić information content (AvgIpc) is 3.05. The Morgan fingerprint density at radius 1 is 1.33 bits per heavy atom. The van der Waals surface area contributed by atoms with Crippen LogP contribution in [0.3, 0.4) is 0 Å². The van der Waals surface area contributed by atoms with Gasteiger partial charge in [-0.1, -0.05) is 18.2 Å². The summed E-state index contributed by atoms with van der Waals surface area (Å²) in [7, 11) is 1.95. The van der Waals surface area contributed by atoms with Crippen molar-refractivity contribution >= 4 is 5.91 Å². The van der Waals surface area contributed by atoms with Crippen molar-refractivity contribution in [2.24, 2.45) is 0 Å². The molecule has 1 N–H and O–H groups in total. The molecule has 1 aromatic heterocycles. The molecule has 0 saturated carbocycles. The summed E-state index contributed by atoms with van der Waals surface area (Å²) in [5, 5.41) is 7.55. The first-order valence-electron chi connectivity index (χ1n) is 7.34. The molecule has 110 valence electrons. The van der Waals surface area contributed by atoms with E-state index in [0.717, 1.165) is 31.6 Å². The summed E-state index contributed by atoms with van der Waals surface area (Å²) in [6.07, 6.45) is 5.63. The zero-order valence-electron chi connectivity index (χ0n) is 12.2. The van der Waals surface area contributed by atoms with E-state index in [9.17, 15) is 4.79 Å². The lowest BCUT2D eigenvalue weighted by Gasteiger charge is -2.32. The van der Waals surface area contributed by atoms with Crippen molar-refractivity contribution in [3.05, 3.63) is 48.3 Å². The van der Waals surface area contributed by atoms with E-state index in [1.54, 1.807) is 17.1 Å². The van der Waals surface area contributed by atoms with E-state index in [1.807, 2.05) is 42.3 Å². The van der Waals surface area contributed by atoms with Gasteiger partial charge in [-0.3, -0.25) is 4.79 Å². The summed E-state index contributed by atoms with van der Waals surface area (Å²) >= 11 is 0. The Balaban J connectivity index is 1.75. The summed E-state index contributed by atoms with van der Waals surface area (Å²) in [5.74, 6) is 0.0668. The summed E-state index contributed by atoms with van der Waals surface area (Å²) in [6.45, 7) is 1.60. The number of nitrogens with one attached hydrogen (secondary N) is 1. The third kappa shape index (κ3) is 2.97. The fraction of sp³-hybridized carbons (Fsp3) is 0.375. The fourth-order valence-corrected chi connectivity index (χ4v) is 2.73. The molecule has 21 heavy (non-hydrogen) atoms. The number of carbonyl (C=O) groups is 1. The highest BCUT2D eigenvalue weighted by Gasteiger charge is 2.24. The Hall–Kier alpha value is -2.14. The molecular weight excluding hydrogens is 264 g/mol. The molecular formula is C16H20N4O. The molecule has 5 nitrogen and oxygen atoms in total. The van der Waals surface area contributed by atoms with E-state index in [-0.39, 0.29) is 5.91 Å². The minimum Gasteiger partial charge on any atom is -0.337 e. The van der Waals surface area contributed by atoms with Gasteiger partial charge in [0.1, 0.15) is 0 Å². The lowest BCUT2D eigenvalue weighted by atomic mass is 10.1. The van der Waals surface area contributed by atoms with Gasteiger partial charge in [0.2, 0.25) is 0 Å². The van der Waals surface area contributed by atoms with Crippen molar-refractivity contribution in [3.8, 4) is 5.69 Å². The first-order chi connectivity index (χ1) is 10.3. The molecule has 0 aliphatic carbocycles. The predicted octanol–water partition coefficient (Wildman–Crippen LogP) is 1.70. The monoisotopic (exact) mass is 284 g/mol. The Labute approximate surface area is 124 Å². The summed E-state index contributed by atoms with van der Waals surface area (Å²) in [5.41, 5.74) is 1.61. The van der Waals surface area contributed by atoms with Gasteiger partial charge in [-0.25, -0.2) is 4.68 Å². The molecule has 2 heterocycles. The first-order valence-corrected chi connectivity index (χ1v) is 7.34. The number of rotatable bonds is 3. The number of aromatic nitrogens is 2. The van der Waals surface area contributed by atoms with Crippen LogP contribution < -0.4 is 5.32 Å². The second-order valence-electron chi connectivity index (χ2n) is 5.39. The number of likely N-dealkylation sites (N-methyl/N-ethyl adjacent to an activating group) is 1. The van der Waals surface area contributed by atoms with Gasteiger partial charge < -0.3 is 10.2 Å². The number of para-hydroxylation sites is 1. The smallest absolute Gasteiger partial charge is 0.257 e. The van der Waals surface area contributed by atoms with Gasteiger partial charge in [-0.2, -0.15) is 5.10 Å². The van der Waals surface area contributed by atoms with Crippen molar-refractivity contribution in [1.29, 1.82) is 0 Å². The molecule has 3 rings (SSSR count). The molecule has 1 unspecified atom stereocenters. The maximum atomic E-state index is 12.6. The van der Waals surface area contributed by atoms with Gasteiger partial charge in [0.25, 0.3) is 5.91 Å². The number of carbonyl (C=O) groups excluding carboxylic acids is 1. The van der Waals surface area contributed by atoms with Crippen molar-refractivity contribution in [1.82, 2.24) is 20.0 Å². The maximum absolute atomic E-state index is 12.6. The normalized spacial score (nSPS) is 18.7. The molecule has 1 aromatic carbocycles. The molecule has 1 fully saturated rings. The van der Waals surface area contributed by atoms with Gasteiger partial charge >= 0.3 is 0 Å². The highest BCUT2D eigenvalue weighted by molar-refractivity contribution is 5.93. The minimum absolute atomic E-state index is 0.0668. The molecule has 0 radical (unpaired) electrons. The van der Waals surface area contributed by atoms with Gasteiger partial charge in [0.15, 0.2) is 0 Å². The standard InChI is InChI=1S/C16H20N4O/c1-17-14-6-5-9-19(12-14)16(21)13-10-18-20(11-13)15-7-3-2-4-8-15/h2-4,7-8,10-11,14,17H,5-6,9,12H2,1H3. The fourth-order valence-electron chi connectivity index (χ4n) is 2.73. The molecule has 1 saturated heterocycles. The second kappa shape index (κ2) is 6.10. The van der Waals surface area contributed by atoms with Crippen LogP contribution in [0.5, 0.6) is 0 Å². The molecule has 0 bridgehead atoms. The molecule has 1 aliphatic rings. The van der Waals surface area contributed by atoms with E-state index >= 15 is 0 Å². The lowest BCUT2D eigenvalue weighted by Crippen LogP contribution is -2.46. The SMILES string of the molecule is CNC1CCCN(C(=O)c2cnn(-c3ccccc3)c2)C1. The largest absolute Gasteiger partial charge is 0.337 e. The van der Waals surface area contributed by atoms with Gasteiger partial charge in [-0.05, 0) is 32.0 Å². The zero-order valence-corrected chi connectivity index (χ0v) is 12.2. The molecule has 2 aromatic rings. The van der Waals surface area contributed by atoms with E-state index in [4.69, 9.17) is 0 Å². The Bertz CT molecular complexity index is 608. The van der Waals surface area contributed by atoms with E-state index in [1.165, 1.54) is 0 Å². The molecule has 1 atom stereocenters. The van der Waals surface area contributed by atoms with E-state index < -0.39 is 0 Å². The molecule has 1 amide bonds. The highest BCUT2D eigenvalue weighted by Crippen LogP contribution is 2.14. The summed E-state index contributed by atoms with van der Waals surface area (Å²) in [4.78, 5) is 14.5. The van der Waals surface area contributed by atoms with Crippen LogP contribution in [0.15, 0.2) is 42.7 Å².